The number of pyridine rings is 1. The number of aromatic carboxylic acids is 1. The average Bonchev–Trinajstić information content (AvgIpc) is 2.28. The zero-order chi connectivity index (χ0) is 12.4. The molecule has 88 valence electrons. The van der Waals surface area contributed by atoms with Gasteiger partial charge in [-0.05, 0) is 37.4 Å². The van der Waals surface area contributed by atoms with Crippen LogP contribution in [-0.2, 0) is 0 Å². The van der Waals surface area contributed by atoms with Gasteiger partial charge < -0.3 is 10.4 Å². The lowest BCUT2D eigenvalue weighted by molar-refractivity contribution is 0.0697. The maximum atomic E-state index is 10.9. The maximum absolute atomic E-state index is 10.9. The molecule has 4 heteroatoms. The smallest absolute Gasteiger partial charge is 0.335 e. The quantitative estimate of drug-likeness (QED) is 0.851. The molecule has 0 saturated heterocycles. The van der Waals surface area contributed by atoms with Gasteiger partial charge in [0, 0.05) is 17.6 Å². The van der Waals surface area contributed by atoms with Gasteiger partial charge in [0.05, 0.1) is 5.56 Å². The van der Waals surface area contributed by atoms with Gasteiger partial charge in [-0.25, -0.2) is 9.78 Å². The molecule has 0 unspecified atom stereocenters. The first-order chi connectivity index (χ1) is 8.08. The highest BCUT2D eigenvalue weighted by Gasteiger charge is 2.08. The third-order valence-electron chi connectivity index (χ3n) is 2.44. The molecule has 0 spiro atoms. The number of hydrogen-bond donors (Lipinski definition) is 2. The fourth-order valence-corrected chi connectivity index (χ4v) is 1.69. The molecule has 2 aromatic rings. The molecule has 0 fully saturated rings. The number of nitrogens with zero attached hydrogens (tertiary/aromatic N) is 1. The van der Waals surface area contributed by atoms with Crippen LogP contribution in [0.4, 0.5) is 5.82 Å². The van der Waals surface area contributed by atoms with Crippen LogP contribution in [0.5, 0.6) is 0 Å². The van der Waals surface area contributed by atoms with Crippen LogP contribution in [0, 0.1) is 0 Å². The molecule has 17 heavy (non-hydrogen) atoms. The van der Waals surface area contributed by atoms with E-state index in [0.717, 1.165) is 16.6 Å². The van der Waals surface area contributed by atoms with E-state index in [0.29, 0.717) is 0 Å². The Labute approximate surface area is 99.3 Å². The number of fused-ring (bicyclic) bond motifs is 1. The third kappa shape index (κ3) is 2.36. The number of hydrogen-bond acceptors (Lipinski definition) is 3. The van der Waals surface area contributed by atoms with E-state index < -0.39 is 5.97 Å². The number of rotatable bonds is 3. The molecule has 0 aliphatic heterocycles. The molecule has 1 aromatic heterocycles. The summed E-state index contributed by atoms with van der Waals surface area (Å²) < 4.78 is 0. The largest absolute Gasteiger partial charge is 0.478 e. The normalized spacial score (nSPS) is 10.8. The molecular formula is C13H14N2O2. The van der Waals surface area contributed by atoms with Crippen molar-refractivity contribution in [1.82, 2.24) is 4.98 Å². The topological polar surface area (TPSA) is 62.2 Å². The van der Waals surface area contributed by atoms with E-state index in [1.165, 1.54) is 0 Å². The summed E-state index contributed by atoms with van der Waals surface area (Å²) in [6.07, 6.45) is 1.72. The molecule has 1 aromatic carbocycles. The Morgan fingerprint density at radius 3 is 2.76 bits per heavy atom. The van der Waals surface area contributed by atoms with Crippen molar-refractivity contribution in [3.05, 3.63) is 36.0 Å². The zero-order valence-electron chi connectivity index (χ0n) is 9.77. The van der Waals surface area contributed by atoms with Crippen LogP contribution in [-0.4, -0.2) is 22.1 Å². The van der Waals surface area contributed by atoms with Crippen LogP contribution in [0.15, 0.2) is 30.5 Å². The highest BCUT2D eigenvalue weighted by atomic mass is 16.4. The molecular weight excluding hydrogens is 216 g/mol. The van der Waals surface area contributed by atoms with E-state index in [-0.39, 0.29) is 11.6 Å². The SMILES string of the molecule is CC(C)Nc1nccc2ccc(C(=O)O)cc12. The first kappa shape index (κ1) is 11.4. The van der Waals surface area contributed by atoms with Crippen LogP contribution in [0.1, 0.15) is 24.2 Å². The number of carbonyl (C=O) groups is 1. The summed E-state index contributed by atoms with van der Waals surface area (Å²) in [5.74, 6) is -0.202. The summed E-state index contributed by atoms with van der Waals surface area (Å²) in [5, 5.41) is 14.0. The van der Waals surface area contributed by atoms with Crippen molar-refractivity contribution in [3.8, 4) is 0 Å². The van der Waals surface area contributed by atoms with Crippen molar-refractivity contribution in [2.75, 3.05) is 5.32 Å². The second-order valence-corrected chi connectivity index (χ2v) is 4.20. The van der Waals surface area contributed by atoms with Gasteiger partial charge in [-0.15, -0.1) is 0 Å². The van der Waals surface area contributed by atoms with Crippen molar-refractivity contribution >= 4 is 22.6 Å². The van der Waals surface area contributed by atoms with Crippen molar-refractivity contribution < 1.29 is 9.90 Å². The van der Waals surface area contributed by atoms with Gasteiger partial charge in [0.25, 0.3) is 0 Å². The Hall–Kier alpha value is -2.10. The van der Waals surface area contributed by atoms with Crippen molar-refractivity contribution in [1.29, 1.82) is 0 Å². The summed E-state index contributed by atoms with van der Waals surface area (Å²) in [7, 11) is 0. The monoisotopic (exact) mass is 230 g/mol. The fourth-order valence-electron chi connectivity index (χ4n) is 1.69. The van der Waals surface area contributed by atoms with Crippen LogP contribution in [0.25, 0.3) is 10.8 Å². The van der Waals surface area contributed by atoms with E-state index in [2.05, 4.69) is 10.3 Å². The minimum atomic E-state index is -0.925. The number of carboxylic acid groups (broad SMARTS) is 1. The molecule has 0 atom stereocenters. The van der Waals surface area contributed by atoms with E-state index in [1.54, 1.807) is 24.4 Å². The standard InChI is InChI=1S/C13H14N2O2/c1-8(2)15-12-11-7-10(13(16)17)4-3-9(11)5-6-14-12/h3-8H,1-2H3,(H,14,15)(H,16,17). The lowest BCUT2D eigenvalue weighted by atomic mass is 10.1. The molecule has 0 aliphatic carbocycles. The van der Waals surface area contributed by atoms with Crippen LogP contribution >= 0.6 is 0 Å². The molecule has 0 radical (unpaired) electrons. The molecule has 1 heterocycles. The van der Waals surface area contributed by atoms with Gasteiger partial charge in [-0.1, -0.05) is 6.07 Å². The Kier molecular flexibility index (Phi) is 2.95. The zero-order valence-corrected chi connectivity index (χ0v) is 9.77. The van der Waals surface area contributed by atoms with E-state index in [4.69, 9.17) is 5.11 Å². The summed E-state index contributed by atoms with van der Waals surface area (Å²) in [4.78, 5) is 15.2. The second-order valence-electron chi connectivity index (χ2n) is 4.20. The predicted molar refractivity (Wildman–Crippen MR) is 67.5 cm³/mol. The lowest BCUT2D eigenvalue weighted by Crippen LogP contribution is -2.11. The highest BCUT2D eigenvalue weighted by molar-refractivity contribution is 5.98. The minimum absolute atomic E-state index is 0.251. The van der Waals surface area contributed by atoms with Gasteiger partial charge in [0.2, 0.25) is 0 Å². The first-order valence-electron chi connectivity index (χ1n) is 5.46. The number of benzene rings is 1. The van der Waals surface area contributed by atoms with Crippen LogP contribution < -0.4 is 5.32 Å². The fraction of sp³-hybridized carbons (Fsp3) is 0.231. The Morgan fingerprint density at radius 2 is 2.12 bits per heavy atom. The van der Waals surface area contributed by atoms with Crippen LogP contribution in [0.3, 0.4) is 0 Å². The highest BCUT2D eigenvalue weighted by Crippen LogP contribution is 2.22. The first-order valence-corrected chi connectivity index (χ1v) is 5.46. The Balaban J connectivity index is 2.59. The van der Waals surface area contributed by atoms with E-state index in [1.807, 2.05) is 19.9 Å². The molecule has 4 nitrogen and oxygen atoms in total. The van der Waals surface area contributed by atoms with E-state index in [9.17, 15) is 4.79 Å². The van der Waals surface area contributed by atoms with Gasteiger partial charge in [0.1, 0.15) is 5.82 Å². The number of aromatic nitrogens is 1. The summed E-state index contributed by atoms with van der Waals surface area (Å²) in [6.45, 7) is 4.03. The number of nitrogens with one attached hydrogen (secondary N) is 1. The summed E-state index contributed by atoms with van der Waals surface area (Å²) in [5.41, 5.74) is 0.275. The molecule has 0 amide bonds. The maximum Gasteiger partial charge on any atom is 0.335 e. The third-order valence-corrected chi connectivity index (χ3v) is 2.44. The molecule has 0 saturated carbocycles. The van der Waals surface area contributed by atoms with Crippen LogP contribution in [0.2, 0.25) is 0 Å². The lowest BCUT2D eigenvalue weighted by Gasteiger charge is -2.11. The van der Waals surface area contributed by atoms with Crippen molar-refractivity contribution in [2.24, 2.45) is 0 Å². The number of anilines is 1. The number of carboxylic acids is 1. The van der Waals surface area contributed by atoms with Crippen molar-refractivity contribution in [3.63, 3.8) is 0 Å². The van der Waals surface area contributed by atoms with Gasteiger partial charge >= 0.3 is 5.97 Å². The van der Waals surface area contributed by atoms with Gasteiger partial charge in [0.15, 0.2) is 0 Å². The van der Waals surface area contributed by atoms with Gasteiger partial charge in [-0.3, -0.25) is 0 Å². The molecule has 2 N–H and O–H groups in total. The van der Waals surface area contributed by atoms with Gasteiger partial charge in [-0.2, -0.15) is 0 Å². The Bertz CT molecular complexity index is 564. The summed E-state index contributed by atoms with van der Waals surface area (Å²) in [6, 6.07) is 7.17. The van der Waals surface area contributed by atoms with Crippen molar-refractivity contribution in [2.45, 2.75) is 19.9 Å². The van der Waals surface area contributed by atoms with E-state index >= 15 is 0 Å². The molecule has 0 aliphatic rings. The minimum Gasteiger partial charge on any atom is -0.478 e. The average molecular weight is 230 g/mol. The summed E-state index contributed by atoms with van der Waals surface area (Å²) >= 11 is 0. The molecule has 2 rings (SSSR count). The molecule has 0 bridgehead atoms. The second kappa shape index (κ2) is 4.41. The predicted octanol–water partition coefficient (Wildman–Crippen LogP) is 2.75. The Morgan fingerprint density at radius 1 is 1.35 bits per heavy atom.